The van der Waals surface area contributed by atoms with Crippen LogP contribution in [0, 0.1) is 0 Å². The fraction of sp³-hybridized carbons (Fsp3) is 0.500. The molecule has 0 radical (unpaired) electrons. The van der Waals surface area contributed by atoms with Crippen LogP contribution in [0.15, 0.2) is 41.5 Å². The Balaban J connectivity index is 1.41. The van der Waals surface area contributed by atoms with E-state index in [-0.39, 0.29) is 11.9 Å². The van der Waals surface area contributed by atoms with Crippen LogP contribution >= 0.6 is 0 Å². The van der Waals surface area contributed by atoms with Crippen molar-refractivity contribution in [3.05, 3.63) is 36.5 Å². The summed E-state index contributed by atoms with van der Waals surface area (Å²) in [7, 11) is 1.79. The van der Waals surface area contributed by atoms with Gasteiger partial charge in [0.15, 0.2) is 5.96 Å². The molecule has 1 saturated heterocycles. The number of hydrogen-bond donors (Lipinski definition) is 2. The van der Waals surface area contributed by atoms with E-state index in [1.807, 2.05) is 11.8 Å². The van der Waals surface area contributed by atoms with Crippen LogP contribution in [0.5, 0.6) is 0 Å². The van der Waals surface area contributed by atoms with Crippen molar-refractivity contribution < 1.29 is 4.79 Å². The Bertz CT molecular complexity index is 766. The van der Waals surface area contributed by atoms with E-state index in [2.05, 4.69) is 56.7 Å². The van der Waals surface area contributed by atoms with E-state index in [4.69, 9.17) is 0 Å². The van der Waals surface area contributed by atoms with Crippen molar-refractivity contribution in [3.63, 3.8) is 0 Å². The van der Waals surface area contributed by atoms with E-state index >= 15 is 0 Å². The number of amides is 1. The molecule has 1 aliphatic rings. The zero-order valence-corrected chi connectivity index (χ0v) is 15.7. The number of aryl methyl sites for hydroxylation is 1. The maximum absolute atomic E-state index is 11.8. The Morgan fingerprint density at radius 2 is 2.15 bits per heavy atom. The standard InChI is InChI=1S/C20H29N5O/c1-3-19(26)25-14-10-17(15-25)23-20(21-2)22-11-6-12-24-13-9-16-7-4-5-8-18(16)24/h4-5,7-9,13,17H,3,6,10-12,14-15H2,1-2H3,(H2,21,22,23). The lowest BCUT2D eigenvalue weighted by atomic mass is 10.2. The molecule has 1 aromatic heterocycles. The summed E-state index contributed by atoms with van der Waals surface area (Å²) < 4.78 is 2.29. The zero-order valence-electron chi connectivity index (χ0n) is 15.7. The number of aromatic nitrogens is 1. The molecule has 26 heavy (non-hydrogen) atoms. The van der Waals surface area contributed by atoms with E-state index in [1.54, 1.807) is 7.05 Å². The monoisotopic (exact) mass is 355 g/mol. The highest BCUT2D eigenvalue weighted by atomic mass is 16.2. The van der Waals surface area contributed by atoms with Gasteiger partial charge in [-0.15, -0.1) is 0 Å². The Morgan fingerprint density at radius 3 is 2.96 bits per heavy atom. The molecular formula is C20H29N5O. The summed E-state index contributed by atoms with van der Waals surface area (Å²) in [5.41, 5.74) is 1.28. The highest BCUT2D eigenvalue weighted by Gasteiger charge is 2.25. The van der Waals surface area contributed by atoms with Crippen molar-refractivity contribution in [2.45, 2.75) is 38.8 Å². The molecule has 2 aromatic rings. The molecule has 2 heterocycles. The number of benzene rings is 1. The number of carbonyl (C=O) groups is 1. The number of aliphatic imine (C=N–C) groups is 1. The number of hydrogen-bond acceptors (Lipinski definition) is 2. The van der Waals surface area contributed by atoms with Crippen molar-refractivity contribution in [1.29, 1.82) is 0 Å². The highest BCUT2D eigenvalue weighted by molar-refractivity contribution is 5.81. The number of para-hydroxylation sites is 1. The molecule has 2 N–H and O–H groups in total. The molecule has 1 aliphatic heterocycles. The van der Waals surface area contributed by atoms with Gasteiger partial charge in [0.05, 0.1) is 0 Å². The molecule has 0 bridgehead atoms. The van der Waals surface area contributed by atoms with E-state index in [1.165, 1.54) is 10.9 Å². The summed E-state index contributed by atoms with van der Waals surface area (Å²) in [5.74, 6) is 1.05. The van der Waals surface area contributed by atoms with Gasteiger partial charge in [0, 0.05) is 57.4 Å². The van der Waals surface area contributed by atoms with Crippen molar-refractivity contribution in [1.82, 2.24) is 20.1 Å². The van der Waals surface area contributed by atoms with Crippen LogP contribution in [0.3, 0.4) is 0 Å². The van der Waals surface area contributed by atoms with Gasteiger partial charge in [-0.3, -0.25) is 9.79 Å². The fourth-order valence-electron chi connectivity index (χ4n) is 3.51. The molecule has 6 heteroatoms. The minimum Gasteiger partial charge on any atom is -0.356 e. The second-order valence-electron chi connectivity index (χ2n) is 6.74. The molecule has 1 fully saturated rings. The molecule has 0 spiro atoms. The SMILES string of the molecule is CCC(=O)N1CCC(NC(=NC)NCCCn2ccc3ccccc32)C1. The normalized spacial score (nSPS) is 17.7. The van der Waals surface area contributed by atoms with Crippen LogP contribution in [0.4, 0.5) is 0 Å². The maximum Gasteiger partial charge on any atom is 0.222 e. The number of fused-ring (bicyclic) bond motifs is 1. The largest absolute Gasteiger partial charge is 0.356 e. The minimum absolute atomic E-state index is 0.233. The second-order valence-corrected chi connectivity index (χ2v) is 6.74. The van der Waals surface area contributed by atoms with E-state index in [0.717, 1.165) is 45.0 Å². The van der Waals surface area contributed by atoms with Gasteiger partial charge < -0.3 is 20.1 Å². The molecule has 0 aliphatic carbocycles. The van der Waals surface area contributed by atoms with Crippen molar-refractivity contribution in [2.75, 3.05) is 26.7 Å². The molecule has 140 valence electrons. The Morgan fingerprint density at radius 1 is 1.31 bits per heavy atom. The van der Waals surface area contributed by atoms with Crippen LogP contribution in [0.1, 0.15) is 26.2 Å². The minimum atomic E-state index is 0.233. The van der Waals surface area contributed by atoms with Crippen molar-refractivity contribution in [2.24, 2.45) is 4.99 Å². The third-order valence-electron chi connectivity index (χ3n) is 4.96. The average Bonchev–Trinajstić information content (AvgIpc) is 3.30. The van der Waals surface area contributed by atoms with E-state index in [0.29, 0.717) is 6.42 Å². The van der Waals surface area contributed by atoms with Gasteiger partial charge in [0.1, 0.15) is 0 Å². The molecule has 1 aromatic carbocycles. The Hall–Kier alpha value is -2.50. The number of nitrogens with zero attached hydrogens (tertiary/aromatic N) is 3. The Kier molecular flexibility index (Phi) is 6.15. The van der Waals surface area contributed by atoms with Crippen LogP contribution in [-0.4, -0.2) is 54.1 Å². The number of likely N-dealkylation sites (tertiary alicyclic amines) is 1. The first kappa shape index (κ1) is 18.3. The molecule has 6 nitrogen and oxygen atoms in total. The number of carbonyl (C=O) groups excluding carboxylic acids is 1. The lowest BCUT2D eigenvalue weighted by Gasteiger charge is -2.18. The van der Waals surface area contributed by atoms with E-state index < -0.39 is 0 Å². The smallest absolute Gasteiger partial charge is 0.222 e. The lowest BCUT2D eigenvalue weighted by molar-refractivity contribution is -0.129. The molecule has 1 amide bonds. The predicted octanol–water partition coefficient (Wildman–Crippen LogP) is 2.21. The lowest BCUT2D eigenvalue weighted by Crippen LogP contribution is -2.45. The average molecular weight is 355 g/mol. The van der Waals surface area contributed by atoms with Crippen LogP contribution in [0.2, 0.25) is 0 Å². The van der Waals surface area contributed by atoms with E-state index in [9.17, 15) is 4.79 Å². The first-order valence-electron chi connectivity index (χ1n) is 9.50. The van der Waals surface area contributed by atoms with Gasteiger partial charge in [-0.2, -0.15) is 0 Å². The zero-order chi connectivity index (χ0) is 18.4. The van der Waals surface area contributed by atoms with Gasteiger partial charge in [0.2, 0.25) is 5.91 Å². The quantitative estimate of drug-likeness (QED) is 0.474. The molecule has 3 rings (SSSR count). The van der Waals surface area contributed by atoms with Gasteiger partial charge in [-0.1, -0.05) is 25.1 Å². The van der Waals surface area contributed by atoms with Crippen molar-refractivity contribution >= 4 is 22.8 Å². The van der Waals surface area contributed by atoms with Gasteiger partial charge >= 0.3 is 0 Å². The summed E-state index contributed by atoms with van der Waals surface area (Å²) in [6, 6.07) is 10.9. The third-order valence-corrected chi connectivity index (χ3v) is 4.96. The molecule has 1 atom stereocenters. The summed E-state index contributed by atoms with van der Waals surface area (Å²) in [5, 5.41) is 8.11. The van der Waals surface area contributed by atoms with Crippen molar-refractivity contribution in [3.8, 4) is 0 Å². The Labute approximate surface area is 155 Å². The van der Waals surface area contributed by atoms with Crippen LogP contribution in [0.25, 0.3) is 10.9 Å². The van der Waals surface area contributed by atoms with Crippen LogP contribution in [-0.2, 0) is 11.3 Å². The van der Waals surface area contributed by atoms with Crippen LogP contribution < -0.4 is 10.6 Å². The summed E-state index contributed by atoms with van der Waals surface area (Å²) in [6.45, 7) is 5.35. The summed E-state index contributed by atoms with van der Waals surface area (Å²) in [4.78, 5) is 18.0. The molecule has 0 saturated carbocycles. The summed E-state index contributed by atoms with van der Waals surface area (Å²) in [6.07, 6.45) is 4.72. The van der Waals surface area contributed by atoms with Gasteiger partial charge in [0.25, 0.3) is 0 Å². The number of rotatable bonds is 6. The molecule has 1 unspecified atom stereocenters. The molecular weight excluding hydrogens is 326 g/mol. The first-order valence-corrected chi connectivity index (χ1v) is 9.50. The highest BCUT2D eigenvalue weighted by Crippen LogP contribution is 2.15. The third kappa shape index (κ3) is 4.36. The van der Waals surface area contributed by atoms with Gasteiger partial charge in [-0.25, -0.2) is 0 Å². The number of guanidine groups is 1. The first-order chi connectivity index (χ1) is 12.7. The summed E-state index contributed by atoms with van der Waals surface area (Å²) >= 11 is 0. The fourth-order valence-corrected chi connectivity index (χ4v) is 3.51. The predicted molar refractivity (Wildman–Crippen MR) is 106 cm³/mol. The topological polar surface area (TPSA) is 61.7 Å². The van der Waals surface area contributed by atoms with Gasteiger partial charge in [-0.05, 0) is 30.4 Å². The maximum atomic E-state index is 11.8. The second kappa shape index (κ2) is 8.74. The number of nitrogens with one attached hydrogen (secondary N) is 2.